The van der Waals surface area contributed by atoms with Gasteiger partial charge in [0, 0.05) is 12.5 Å². The minimum Gasteiger partial charge on any atom is -0.396 e. The molecule has 0 aromatic heterocycles. The lowest BCUT2D eigenvalue weighted by atomic mass is 9.48. The fraction of sp³-hybridized carbons (Fsp3) is 0.917. The summed E-state index contributed by atoms with van der Waals surface area (Å²) in [4.78, 5) is 0. The molecule has 0 amide bonds. The third-order valence-corrected chi connectivity index (χ3v) is 9.26. The molecule has 0 bridgehead atoms. The summed E-state index contributed by atoms with van der Waals surface area (Å²) in [5.74, 6) is 4.56. The highest BCUT2D eigenvalue weighted by Gasteiger charge is 2.56. The van der Waals surface area contributed by atoms with Gasteiger partial charge in [0.2, 0.25) is 0 Å². The Balaban J connectivity index is 1.50. The summed E-state index contributed by atoms with van der Waals surface area (Å²) in [5, 5.41) is 20.7. The maximum atomic E-state index is 11.0. The predicted octanol–water partition coefficient (Wildman–Crippen LogP) is 5.33. The number of aliphatic hydroxyl groups is 2. The van der Waals surface area contributed by atoms with Crippen LogP contribution < -0.4 is 0 Å². The number of hydrogen-bond donors (Lipinski definition) is 2. The van der Waals surface area contributed by atoms with Gasteiger partial charge in [-0.1, -0.05) is 38.8 Å². The van der Waals surface area contributed by atoms with Crippen LogP contribution in [0.5, 0.6) is 0 Å². The highest BCUT2D eigenvalue weighted by atomic mass is 16.3. The maximum absolute atomic E-state index is 11.0. The van der Waals surface area contributed by atoms with Crippen molar-refractivity contribution in [3.8, 4) is 0 Å². The second-order valence-corrected chi connectivity index (χ2v) is 10.6. The third kappa shape index (κ3) is 2.91. The standard InChI is InChI=1S/C24H40O2/c1-4-11-24(26)13-10-18-17(14-24)5-6-20-19(18)9-12-23(3)21(16(2)15-25)7-8-22(20)23/h7,16-20,22,25-26H,4-6,8-15H2,1-3H3/t16-,17+,18-,19+,20+,22-,23+,24+/m0/s1. The van der Waals surface area contributed by atoms with E-state index < -0.39 is 0 Å². The average molecular weight is 361 g/mol. The van der Waals surface area contributed by atoms with Crippen molar-refractivity contribution >= 4 is 0 Å². The van der Waals surface area contributed by atoms with Gasteiger partial charge in [0.05, 0.1) is 5.60 Å². The molecule has 2 nitrogen and oxygen atoms in total. The Morgan fingerprint density at radius 3 is 2.62 bits per heavy atom. The van der Waals surface area contributed by atoms with Gasteiger partial charge in [-0.2, -0.15) is 0 Å². The Morgan fingerprint density at radius 1 is 1.12 bits per heavy atom. The zero-order chi connectivity index (χ0) is 18.5. The van der Waals surface area contributed by atoms with Crippen molar-refractivity contribution in [3.05, 3.63) is 11.6 Å². The number of hydrogen-bond acceptors (Lipinski definition) is 2. The van der Waals surface area contributed by atoms with E-state index in [2.05, 4.69) is 26.8 Å². The smallest absolute Gasteiger partial charge is 0.0650 e. The summed E-state index contributed by atoms with van der Waals surface area (Å²) in [7, 11) is 0. The first kappa shape index (κ1) is 19.0. The van der Waals surface area contributed by atoms with Gasteiger partial charge >= 0.3 is 0 Å². The molecule has 2 heteroatoms. The van der Waals surface area contributed by atoms with Crippen molar-refractivity contribution in [3.63, 3.8) is 0 Å². The van der Waals surface area contributed by atoms with E-state index in [0.717, 1.165) is 55.3 Å². The van der Waals surface area contributed by atoms with Gasteiger partial charge in [-0.3, -0.25) is 0 Å². The third-order valence-electron chi connectivity index (χ3n) is 9.26. The quantitative estimate of drug-likeness (QED) is 0.665. The van der Waals surface area contributed by atoms with E-state index in [-0.39, 0.29) is 5.60 Å². The summed E-state index contributed by atoms with van der Waals surface area (Å²) >= 11 is 0. The average Bonchev–Trinajstić information content (AvgIpc) is 2.98. The fourth-order valence-corrected chi connectivity index (χ4v) is 8.12. The van der Waals surface area contributed by atoms with Gasteiger partial charge in [0.25, 0.3) is 0 Å². The number of allylic oxidation sites excluding steroid dienone is 1. The van der Waals surface area contributed by atoms with E-state index in [4.69, 9.17) is 0 Å². The first-order valence-electron chi connectivity index (χ1n) is 11.5. The molecule has 0 heterocycles. The molecule has 4 aliphatic carbocycles. The van der Waals surface area contributed by atoms with E-state index in [9.17, 15) is 10.2 Å². The first-order chi connectivity index (χ1) is 12.4. The van der Waals surface area contributed by atoms with Crippen LogP contribution in [-0.4, -0.2) is 22.4 Å². The summed E-state index contributed by atoms with van der Waals surface area (Å²) in [5.41, 5.74) is 1.55. The fourth-order valence-electron chi connectivity index (χ4n) is 8.12. The van der Waals surface area contributed by atoms with Crippen molar-refractivity contribution in [2.45, 2.75) is 90.6 Å². The Bertz CT molecular complexity index is 554. The lowest BCUT2D eigenvalue weighted by Gasteiger charge is -2.57. The molecule has 4 aliphatic rings. The summed E-state index contributed by atoms with van der Waals surface area (Å²) in [6.07, 6.45) is 14.6. The molecule has 0 aromatic rings. The van der Waals surface area contributed by atoms with Crippen LogP contribution in [0.1, 0.15) is 85.0 Å². The molecule has 0 aromatic carbocycles. The lowest BCUT2D eigenvalue weighted by molar-refractivity contribution is -0.101. The molecule has 3 saturated carbocycles. The Hall–Kier alpha value is -0.340. The maximum Gasteiger partial charge on any atom is 0.0650 e. The predicted molar refractivity (Wildman–Crippen MR) is 107 cm³/mol. The van der Waals surface area contributed by atoms with Crippen LogP contribution in [0.2, 0.25) is 0 Å². The highest BCUT2D eigenvalue weighted by Crippen LogP contribution is 2.64. The minimum absolute atomic E-state index is 0.295. The second kappa shape index (κ2) is 6.92. The van der Waals surface area contributed by atoms with Crippen molar-refractivity contribution in [2.75, 3.05) is 6.61 Å². The summed E-state index contributed by atoms with van der Waals surface area (Å²) in [6, 6.07) is 0. The van der Waals surface area contributed by atoms with Crippen molar-refractivity contribution in [1.29, 1.82) is 0 Å². The van der Waals surface area contributed by atoms with E-state index in [0.29, 0.717) is 17.9 Å². The lowest BCUT2D eigenvalue weighted by Crippen LogP contribution is -2.50. The van der Waals surface area contributed by atoms with Gasteiger partial charge in [-0.25, -0.2) is 0 Å². The molecule has 2 N–H and O–H groups in total. The van der Waals surface area contributed by atoms with Crippen LogP contribution in [0.4, 0.5) is 0 Å². The molecule has 0 radical (unpaired) electrons. The largest absolute Gasteiger partial charge is 0.396 e. The highest BCUT2D eigenvalue weighted by molar-refractivity contribution is 5.27. The van der Waals surface area contributed by atoms with Crippen LogP contribution in [-0.2, 0) is 0 Å². The van der Waals surface area contributed by atoms with Crippen molar-refractivity contribution < 1.29 is 10.2 Å². The molecule has 3 fully saturated rings. The molecule has 0 unspecified atom stereocenters. The number of fused-ring (bicyclic) bond motifs is 5. The van der Waals surface area contributed by atoms with Crippen LogP contribution in [0, 0.1) is 40.9 Å². The summed E-state index contributed by atoms with van der Waals surface area (Å²) in [6.45, 7) is 7.22. The van der Waals surface area contributed by atoms with E-state index in [1.807, 2.05) is 0 Å². The van der Waals surface area contributed by atoms with E-state index >= 15 is 0 Å². The molecular formula is C24H40O2. The summed E-state index contributed by atoms with van der Waals surface area (Å²) < 4.78 is 0. The molecule has 148 valence electrons. The van der Waals surface area contributed by atoms with Crippen LogP contribution in [0.25, 0.3) is 0 Å². The molecule has 0 aliphatic heterocycles. The van der Waals surface area contributed by atoms with Gasteiger partial charge in [-0.05, 0) is 92.8 Å². The van der Waals surface area contributed by atoms with Crippen molar-refractivity contribution in [2.24, 2.45) is 40.9 Å². The monoisotopic (exact) mass is 360 g/mol. The van der Waals surface area contributed by atoms with Crippen LogP contribution >= 0.6 is 0 Å². The Labute approximate surface area is 160 Å². The molecule has 26 heavy (non-hydrogen) atoms. The van der Waals surface area contributed by atoms with Gasteiger partial charge < -0.3 is 10.2 Å². The first-order valence-corrected chi connectivity index (χ1v) is 11.5. The molecule has 0 spiro atoms. The topological polar surface area (TPSA) is 40.5 Å². The van der Waals surface area contributed by atoms with E-state index in [1.165, 1.54) is 38.5 Å². The minimum atomic E-state index is -0.357. The van der Waals surface area contributed by atoms with Gasteiger partial charge in [-0.15, -0.1) is 0 Å². The molecule has 0 saturated heterocycles. The molecular weight excluding hydrogens is 320 g/mol. The zero-order valence-electron chi connectivity index (χ0n) is 17.2. The Morgan fingerprint density at radius 2 is 1.88 bits per heavy atom. The van der Waals surface area contributed by atoms with E-state index in [1.54, 1.807) is 5.57 Å². The number of aliphatic hydroxyl groups excluding tert-OH is 1. The number of rotatable bonds is 4. The SMILES string of the molecule is CCC[C@@]1(O)CC[C@H]2[C@H](CC[C@@H]3[C@@H]2CC[C@]2(C)C([C@@H](C)CO)=CC[C@@H]32)C1. The zero-order valence-corrected chi connectivity index (χ0v) is 17.2. The van der Waals surface area contributed by atoms with Crippen LogP contribution in [0.3, 0.4) is 0 Å². The molecule has 8 atom stereocenters. The molecule has 4 rings (SSSR count). The van der Waals surface area contributed by atoms with Crippen molar-refractivity contribution in [1.82, 2.24) is 0 Å². The van der Waals surface area contributed by atoms with Crippen LogP contribution in [0.15, 0.2) is 11.6 Å². The van der Waals surface area contributed by atoms with Gasteiger partial charge in [0.1, 0.15) is 0 Å². The normalized spacial score (nSPS) is 49.0. The van der Waals surface area contributed by atoms with Gasteiger partial charge in [0.15, 0.2) is 0 Å². The second-order valence-electron chi connectivity index (χ2n) is 10.6. The Kier molecular flexibility index (Phi) is 5.06.